The number of aromatic nitrogens is 1. The lowest BCUT2D eigenvalue weighted by Gasteiger charge is -2.30. The number of anilines is 2. The molecule has 4 rings (SSSR count). The lowest BCUT2D eigenvalue weighted by Crippen LogP contribution is -2.56. The minimum atomic E-state index is -1.03. The smallest absolute Gasteiger partial charge is 0.264 e. The minimum Gasteiger partial charge on any atom is -0.378 e. The Labute approximate surface area is 301 Å². The zero-order valence-electron chi connectivity index (χ0n) is 28.1. The highest BCUT2D eigenvalue weighted by Gasteiger charge is 2.28. The van der Waals surface area contributed by atoms with Gasteiger partial charge in [-0.15, -0.1) is 0 Å². The number of pyridine rings is 1. The second kappa shape index (κ2) is 19.1. The van der Waals surface area contributed by atoms with Gasteiger partial charge in [-0.1, -0.05) is 47.6 Å². The summed E-state index contributed by atoms with van der Waals surface area (Å²) < 4.78 is 5.49. The number of benzene rings is 2. The number of hydrazine groups is 1. The van der Waals surface area contributed by atoms with Crippen molar-refractivity contribution in [1.29, 1.82) is 0 Å². The third-order valence-corrected chi connectivity index (χ3v) is 9.71. The van der Waals surface area contributed by atoms with Gasteiger partial charge in [0, 0.05) is 63.0 Å². The number of nitrogens with zero attached hydrogens (tertiary/aromatic N) is 3. The molecule has 0 radical (unpaired) electrons. The van der Waals surface area contributed by atoms with Crippen molar-refractivity contribution in [3.8, 4) is 0 Å². The fraction of sp³-hybridized carbons (Fsp3) is 0.382. The Morgan fingerprint density at radius 2 is 1.86 bits per heavy atom. The predicted octanol–water partition coefficient (Wildman–Crippen LogP) is 1.93. The number of carbonyl (C=O) groups is 4. The van der Waals surface area contributed by atoms with E-state index in [9.17, 15) is 19.2 Å². The Hall–Kier alpha value is -4.41. The van der Waals surface area contributed by atoms with Crippen LogP contribution in [0.15, 0.2) is 64.6 Å². The molecule has 0 unspecified atom stereocenters. The van der Waals surface area contributed by atoms with Gasteiger partial charge in [0.05, 0.1) is 30.0 Å². The van der Waals surface area contributed by atoms with Gasteiger partial charge in [0.2, 0.25) is 18.2 Å². The highest BCUT2D eigenvalue weighted by atomic mass is 35.5. The van der Waals surface area contributed by atoms with Crippen molar-refractivity contribution in [2.75, 3.05) is 50.2 Å². The second-order valence-corrected chi connectivity index (χ2v) is 13.0. The van der Waals surface area contributed by atoms with Gasteiger partial charge in [0.1, 0.15) is 11.1 Å². The zero-order valence-corrected chi connectivity index (χ0v) is 29.7. The monoisotopic (exact) mass is 725 g/mol. The van der Waals surface area contributed by atoms with E-state index in [0.717, 1.165) is 46.1 Å². The first kappa shape index (κ1) is 38.4. The molecule has 4 amide bonds. The molecule has 0 saturated carbocycles. The summed E-state index contributed by atoms with van der Waals surface area (Å²) in [5.74, 6) is -1.52. The lowest BCUT2D eigenvalue weighted by atomic mass is 10.1. The van der Waals surface area contributed by atoms with E-state index in [2.05, 4.69) is 31.3 Å². The standard InChI is InChI=1S/C34H44ClN9O5S/c1-22-6-3-4-8-27(22)42-43(2)34(48)29(18-36)41-32(47)28(9-10-30(37)46)40-20-23-7-5-11-39-33(23)50-31-24(19-38-21-45)16-25(17-26(31)35)44-12-14-49-15-13-44/h3-8,11,16-17,21,28-29,40,42H,9-10,12-15,18-20,36H2,1-2H3,(H2,37,46)(H,38,45)(H,41,47)/t28-,29-/m0/s1. The molecule has 1 aromatic heterocycles. The Morgan fingerprint density at radius 3 is 2.56 bits per heavy atom. The zero-order chi connectivity index (χ0) is 36.0. The first-order valence-corrected chi connectivity index (χ1v) is 17.4. The number of likely N-dealkylation sites (N-methyl/N-ethyl adjacent to an activating group) is 1. The van der Waals surface area contributed by atoms with E-state index in [0.29, 0.717) is 29.7 Å². The van der Waals surface area contributed by atoms with Crippen molar-refractivity contribution in [2.45, 2.75) is 54.9 Å². The van der Waals surface area contributed by atoms with Crippen LogP contribution in [0.25, 0.3) is 0 Å². The molecule has 0 spiro atoms. The summed E-state index contributed by atoms with van der Waals surface area (Å²) in [6.45, 7) is 4.89. The first-order chi connectivity index (χ1) is 24.1. The van der Waals surface area contributed by atoms with Crippen molar-refractivity contribution in [2.24, 2.45) is 11.5 Å². The van der Waals surface area contributed by atoms with Crippen LogP contribution in [0.3, 0.4) is 0 Å². The van der Waals surface area contributed by atoms with Crippen LogP contribution in [-0.4, -0.2) is 86.1 Å². The summed E-state index contributed by atoms with van der Waals surface area (Å²) in [7, 11) is 1.55. The van der Waals surface area contributed by atoms with Crippen LogP contribution in [0, 0.1) is 6.92 Å². The number of hydrogen-bond donors (Lipinski definition) is 6. The van der Waals surface area contributed by atoms with Crippen LogP contribution in [0.4, 0.5) is 11.4 Å². The van der Waals surface area contributed by atoms with Crippen LogP contribution in [0.2, 0.25) is 5.02 Å². The molecule has 2 atom stereocenters. The van der Waals surface area contributed by atoms with Crippen LogP contribution >= 0.6 is 23.4 Å². The summed E-state index contributed by atoms with van der Waals surface area (Å²) in [4.78, 5) is 57.3. The Kier molecular flexibility index (Phi) is 14.7. The highest BCUT2D eigenvalue weighted by Crippen LogP contribution is 2.39. The van der Waals surface area contributed by atoms with Crippen molar-refractivity contribution in [1.82, 2.24) is 25.9 Å². The number of para-hydroxylation sites is 1. The molecule has 8 N–H and O–H groups in total. The number of morpholine rings is 1. The maximum Gasteiger partial charge on any atom is 0.264 e. The number of halogens is 1. The van der Waals surface area contributed by atoms with E-state index in [1.165, 1.54) is 16.8 Å². The number of hydrogen-bond acceptors (Lipinski definition) is 11. The normalized spacial score (nSPS) is 14.0. The van der Waals surface area contributed by atoms with Gasteiger partial charge in [-0.05, 0) is 54.3 Å². The van der Waals surface area contributed by atoms with Crippen LogP contribution in [0.1, 0.15) is 29.5 Å². The number of primary amides is 1. The van der Waals surface area contributed by atoms with Crippen LogP contribution in [0.5, 0.6) is 0 Å². The third kappa shape index (κ3) is 10.8. The van der Waals surface area contributed by atoms with Gasteiger partial charge in [0.25, 0.3) is 5.91 Å². The molecule has 3 aromatic rings. The molecule has 0 aliphatic carbocycles. The fourth-order valence-corrected chi connectivity index (χ4v) is 6.64. The Morgan fingerprint density at radius 1 is 1.10 bits per heavy atom. The van der Waals surface area contributed by atoms with Gasteiger partial charge in [-0.3, -0.25) is 29.6 Å². The van der Waals surface area contributed by atoms with Crippen molar-refractivity contribution >= 4 is 58.9 Å². The van der Waals surface area contributed by atoms with E-state index < -0.39 is 29.8 Å². The molecule has 1 fully saturated rings. The van der Waals surface area contributed by atoms with Gasteiger partial charge >= 0.3 is 0 Å². The quantitative estimate of drug-likeness (QED) is 0.0828. The summed E-state index contributed by atoms with van der Waals surface area (Å²) in [5.41, 5.74) is 18.6. The molecular formula is C34H44ClN9O5S. The maximum atomic E-state index is 13.6. The van der Waals surface area contributed by atoms with Gasteiger partial charge in [-0.2, -0.15) is 0 Å². The van der Waals surface area contributed by atoms with Gasteiger partial charge in [0.15, 0.2) is 0 Å². The molecular weight excluding hydrogens is 682 g/mol. The fourth-order valence-electron chi connectivity index (χ4n) is 5.29. The molecule has 50 heavy (non-hydrogen) atoms. The van der Waals surface area contributed by atoms with E-state index in [4.69, 9.17) is 27.8 Å². The average Bonchev–Trinajstić information content (AvgIpc) is 3.12. The molecule has 1 saturated heterocycles. The number of nitrogens with one attached hydrogen (secondary N) is 4. The number of ether oxygens (including phenoxy) is 1. The molecule has 268 valence electrons. The number of aryl methyl sites for hydroxylation is 1. The topological polar surface area (TPSA) is 197 Å². The second-order valence-electron chi connectivity index (χ2n) is 11.6. The lowest BCUT2D eigenvalue weighted by molar-refractivity contribution is -0.135. The summed E-state index contributed by atoms with van der Waals surface area (Å²) in [6.07, 6.45) is 2.32. The molecule has 2 aromatic carbocycles. The minimum absolute atomic E-state index is 0.0616. The summed E-state index contributed by atoms with van der Waals surface area (Å²) in [5, 5.41) is 11.1. The Balaban J connectivity index is 1.49. The molecule has 1 aliphatic heterocycles. The van der Waals surface area contributed by atoms with Crippen LogP contribution in [-0.2, 0) is 37.0 Å². The average molecular weight is 726 g/mol. The number of nitrogens with two attached hydrogens (primary N) is 2. The maximum absolute atomic E-state index is 13.6. The third-order valence-electron chi connectivity index (χ3n) is 8.05. The van der Waals surface area contributed by atoms with Crippen molar-refractivity contribution in [3.05, 3.63) is 76.4 Å². The summed E-state index contributed by atoms with van der Waals surface area (Å²) >= 11 is 8.20. The van der Waals surface area contributed by atoms with E-state index >= 15 is 0 Å². The number of carbonyl (C=O) groups excluding carboxylic acids is 4. The molecule has 14 nitrogen and oxygen atoms in total. The number of rotatable bonds is 18. The highest BCUT2D eigenvalue weighted by molar-refractivity contribution is 7.99. The number of amides is 4. The molecule has 0 bridgehead atoms. The van der Waals surface area contributed by atoms with Gasteiger partial charge in [-0.25, -0.2) is 4.98 Å². The SMILES string of the molecule is Cc1ccccc1NN(C)C(=O)[C@H](CN)NC(=O)[C@H](CCC(N)=O)NCc1cccnc1Sc1c(Cl)cc(N2CCOCC2)cc1CNC=O. The largest absolute Gasteiger partial charge is 0.378 e. The Bertz CT molecular complexity index is 1640. The molecule has 16 heteroatoms. The molecule has 1 aliphatic rings. The van der Waals surface area contributed by atoms with Crippen molar-refractivity contribution < 1.29 is 23.9 Å². The van der Waals surface area contributed by atoms with Crippen molar-refractivity contribution in [3.63, 3.8) is 0 Å². The first-order valence-electron chi connectivity index (χ1n) is 16.2. The van der Waals surface area contributed by atoms with E-state index in [-0.39, 0.29) is 32.5 Å². The van der Waals surface area contributed by atoms with Crippen LogP contribution < -0.4 is 37.7 Å². The van der Waals surface area contributed by atoms with E-state index in [1.54, 1.807) is 19.3 Å². The van der Waals surface area contributed by atoms with Gasteiger partial charge < -0.3 is 37.1 Å². The molecule has 2 heterocycles. The van der Waals surface area contributed by atoms with E-state index in [1.807, 2.05) is 49.4 Å². The summed E-state index contributed by atoms with van der Waals surface area (Å²) in [6, 6.07) is 13.1. The predicted molar refractivity (Wildman–Crippen MR) is 193 cm³/mol.